The van der Waals surface area contributed by atoms with Gasteiger partial charge >= 0.3 is 5.97 Å². The zero-order valence-corrected chi connectivity index (χ0v) is 27.9. The number of aliphatic hydroxyl groups excluding tert-OH is 2. The first-order valence-corrected chi connectivity index (χ1v) is 15.0. The van der Waals surface area contributed by atoms with Crippen molar-refractivity contribution >= 4 is 72.1 Å². The molecule has 2 aliphatic rings. The summed E-state index contributed by atoms with van der Waals surface area (Å²) in [5.41, 5.74) is 1.28. The van der Waals surface area contributed by atoms with Crippen LogP contribution in [0.25, 0.3) is 11.1 Å². The van der Waals surface area contributed by atoms with Crippen LogP contribution < -0.4 is 9.47 Å². The van der Waals surface area contributed by atoms with Crippen LogP contribution in [-0.2, 0) is 28.7 Å². The number of benzene rings is 2. The average Bonchev–Trinajstić information content (AvgIpc) is 3.40. The summed E-state index contributed by atoms with van der Waals surface area (Å²) in [7, 11) is 4.12. The number of Topliss-reactive ketones (excluding diaryl/α,β-unsaturated/α-hetero) is 4. The summed E-state index contributed by atoms with van der Waals surface area (Å²) in [6.07, 6.45) is 0.198. The van der Waals surface area contributed by atoms with E-state index in [4.69, 9.17) is 9.47 Å². The van der Waals surface area contributed by atoms with Crippen molar-refractivity contribution < 1.29 is 48.4 Å². The number of hydrogen-bond donors (Lipinski definition) is 2. The molecule has 2 N–H and O–H groups in total. The third-order valence-electron chi connectivity index (χ3n) is 7.34. The topological polar surface area (TPSA) is 154 Å². The first-order chi connectivity index (χ1) is 20.7. The molecule has 2 aromatic rings. The summed E-state index contributed by atoms with van der Waals surface area (Å²) in [6.45, 7) is 2.69. The highest BCUT2D eigenvalue weighted by molar-refractivity contribution is 9.10. The zero-order chi connectivity index (χ0) is 32.9. The first kappa shape index (κ1) is 34.7. The van der Waals surface area contributed by atoms with Gasteiger partial charge in [-0.15, -0.1) is 0 Å². The molecule has 0 aliphatic heterocycles. The quantitative estimate of drug-likeness (QED) is 0.232. The molecular weight excluding hydrogens is 704 g/mol. The van der Waals surface area contributed by atoms with E-state index in [-0.39, 0.29) is 59.3 Å². The molecule has 3 unspecified atom stereocenters. The Morgan fingerprint density at radius 2 is 1.30 bits per heavy atom. The number of esters is 1. The van der Waals surface area contributed by atoms with Crippen molar-refractivity contribution in [1.82, 2.24) is 0 Å². The molecule has 2 aromatic carbocycles. The van der Waals surface area contributed by atoms with Gasteiger partial charge in [-0.1, -0.05) is 31.9 Å². The number of ketones is 4. The van der Waals surface area contributed by atoms with E-state index < -0.39 is 29.5 Å². The predicted molar refractivity (Wildman–Crippen MR) is 168 cm³/mol. The van der Waals surface area contributed by atoms with Gasteiger partial charge < -0.3 is 29.2 Å². The van der Waals surface area contributed by atoms with Crippen LogP contribution in [0.5, 0.6) is 11.5 Å². The van der Waals surface area contributed by atoms with Gasteiger partial charge in [-0.05, 0) is 50.2 Å². The summed E-state index contributed by atoms with van der Waals surface area (Å²) < 4.78 is 16.6. The molecule has 10 nitrogen and oxygen atoms in total. The number of halogens is 2. The molecule has 0 bridgehead atoms. The van der Waals surface area contributed by atoms with Crippen molar-refractivity contribution in [2.75, 3.05) is 21.3 Å². The highest BCUT2D eigenvalue weighted by Gasteiger charge is 2.44. The van der Waals surface area contributed by atoms with Crippen molar-refractivity contribution in [3.05, 3.63) is 68.0 Å². The second-order valence-corrected chi connectivity index (χ2v) is 12.1. The maximum Gasteiger partial charge on any atom is 0.316 e. The number of carbonyl (C=O) groups excluding carboxylic acids is 5. The molecule has 234 valence electrons. The standard InChI is InChI=1S/C17H17BrO6.C15H15BrO4/c1-8(19)14(17(22)24-3)11-7-12(20)15(16(11)21)10-6-9(18)4-5-13(10)23-2;1-8(17)5-9-6-12(18)14(15(9)19)11-7-10(16)3-4-13(11)20-2/h4-6,11,14,21H,7H2,1-3H3;3-4,7,9,19H,5-6H2,1-2H3. The van der Waals surface area contributed by atoms with Crippen LogP contribution in [0, 0.1) is 17.8 Å². The Bertz CT molecular complexity index is 1570. The summed E-state index contributed by atoms with van der Waals surface area (Å²) in [5, 5.41) is 20.8. The second-order valence-electron chi connectivity index (χ2n) is 10.3. The molecule has 3 atom stereocenters. The minimum absolute atomic E-state index is 0.0124. The van der Waals surface area contributed by atoms with Crippen LogP contribution in [-0.4, -0.2) is 60.6 Å². The van der Waals surface area contributed by atoms with Gasteiger partial charge in [-0.2, -0.15) is 0 Å². The van der Waals surface area contributed by atoms with Crippen molar-refractivity contribution in [2.24, 2.45) is 17.8 Å². The number of carbonyl (C=O) groups is 5. The second kappa shape index (κ2) is 14.8. The number of hydrogen-bond acceptors (Lipinski definition) is 10. The molecule has 44 heavy (non-hydrogen) atoms. The minimum atomic E-state index is -1.21. The lowest BCUT2D eigenvalue weighted by Gasteiger charge is -2.18. The third kappa shape index (κ3) is 7.47. The molecule has 0 heterocycles. The molecule has 2 aliphatic carbocycles. The van der Waals surface area contributed by atoms with Crippen LogP contribution in [0.15, 0.2) is 56.9 Å². The largest absolute Gasteiger partial charge is 0.511 e. The van der Waals surface area contributed by atoms with Crippen molar-refractivity contribution in [3.63, 3.8) is 0 Å². The lowest BCUT2D eigenvalue weighted by atomic mass is 9.87. The lowest BCUT2D eigenvalue weighted by Crippen LogP contribution is -2.31. The van der Waals surface area contributed by atoms with Crippen LogP contribution in [0.4, 0.5) is 0 Å². The van der Waals surface area contributed by atoms with E-state index in [2.05, 4.69) is 36.6 Å². The fourth-order valence-electron chi connectivity index (χ4n) is 5.36. The van der Waals surface area contributed by atoms with Gasteiger partial charge in [0.2, 0.25) is 0 Å². The predicted octanol–water partition coefficient (Wildman–Crippen LogP) is 5.99. The number of ether oxygens (including phenoxy) is 3. The highest BCUT2D eigenvalue weighted by Crippen LogP contribution is 2.43. The Balaban J connectivity index is 0.000000244. The van der Waals surface area contributed by atoms with Crippen LogP contribution in [0.2, 0.25) is 0 Å². The number of methoxy groups -OCH3 is 3. The average molecular weight is 736 g/mol. The molecule has 0 radical (unpaired) electrons. The van der Waals surface area contributed by atoms with Crippen molar-refractivity contribution in [3.8, 4) is 11.5 Å². The molecule has 0 amide bonds. The third-order valence-corrected chi connectivity index (χ3v) is 8.32. The van der Waals surface area contributed by atoms with Gasteiger partial charge in [0.25, 0.3) is 0 Å². The van der Waals surface area contributed by atoms with Crippen molar-refractivity contribution in [2.45, 2.75) is 33.1 Å². The molecule has 12 heteroatoms. The monoisotopic (exact) mass is 734 g/mol. The zero-order valence-electron chi connectivity index (χ0n) is 24.7. The van der Waals surface area contributed by atoms with Gasteiger partial charge in [-0.25, -0.2) is 0 Å². The molecule has 0 aromatic heterocycles. The SMILES string of the molecule is COC(=O)C(C(C)=O)C1CC(=O)C(c2cc(Br)ccc2OC)=C1O.COc1ccc(Br)cc1C1=C(O)C(CC(C)=O)CC1=O. The fraction of sp³-hybridized carbons (Fsp3) is 0.344. The normalized spacial score (nSPS) is 18.5. The summed E-state index contributed by atoms with van der Waals surface area (Å²) in [5.74, 6) is -3.73. The van der Waals surface area contributed by atoms with E-state index in [0.717, 1.165) is 11.6 Å². The van der Waals surface area contributed by atoms with E-state index in [0.29, 0.717) is 27.1 Å². The number of allylic oxidation sites excluding steroid dienone is 4. The summed E-state index contributed by atoms with van der Waals surface area (Å²) in [6, 6.07) is 10.3. The van der Waals surface area contributed by atoms with E-state index in [1.165, 1.54) is 28.1 Å². The Hall–Kier alpha value is -3.77. The smallest absolute Gasteiger partial charge is 0.316 e. The van der Waals surface area contributed by atoms with E-state index in [1.54, 1.807) is 36.4 Å². The molecule has 0 fully saturated rings. The van der Waals surface area contributed by atoms with Gasteiger partial charge in [0.15, 0.2) is 11.6 Å². The van der Waals surface area contributed by atoms with Gasteiger partial charge in [0.1, 0.15) is 40.5 Å². The number of rotatable bonds is 9. The first-order valence-electron chi connectivity index (χ1n) is 13.4. The molecular formula is C32H32Br2O10. The maximum absolute atomic E-state index is 12.5. The molecule has 4 rings (SSSR count). The highest BCUT2D eigenvalue weighted by atomic mass is 79.9. The minimum Gasteiger partial charge on any atom is -0.511 e. The number of aliphatic hydroxyl groups is 2. The molecule has 0 spiro atoms. The molecule has 0 saturated heterocycles. The lowest BCUT2D eigenvalue weighted by molar-refractivity contribution is -0.151. The van der Waals surface area contributed by atoms with Gasteiger partial charge in [0, 0.05) is 51.2 Å². The maximum atomic E-state index is 12.5. The Kier molecular flexibility index (Phi) is 11.7. The van der Waals surface area contributed by atoms with Crippen LogP contribution in [0.1, 0.15) is 44.2 Å². The van der Waals surface area contributed by atoms with Crippen LogP contribution in [0.3, 0.4) is 0 Å². The Labute approximate surface area is 271 Å². The van der Waals surface area contributed by atoms with E-state index >= 15 is 0 Å². The van der Waals surface area contributed by atoms with Crippen molar-refractivity contribution in [1.29, 1.82) is 0 Å². The fourth-order valence-corrected chi connectivity index (χ4v) is 6.08. The van der Waals surface area contributed by atoms with E-state index in [9.17, 15) is 34.2 Å². The van der Waals surface area contributed by atoms with Gasteiger partial charge in [0.05, 0.1) is 32.5 Å². The van der Waals surface area contributed by atoms with Gasteiger partial charge in [-0.3, -0.25) is 19.2 Å². The Morgan fingerprint density at radius 1 is 0.818 bits per heavy atom. The van der Waals surface area contributed by atoms with Crippen LogP contribution >= 0.6 is 31.9 Å². The van der Waals surface area contributed by atoms with E-state index in [1.807, 2.05) is 0 Å². The summed E-state index contributed by atoms with van der Waals surface area (Å²) >= 11 is 6.66. The molecule has 0 saturated carbocycles. The summed E-state index contributed by atoms with van der Waals surface area (Å²) in [4.78, 5) is 59.5. The Morgan fingerprint density at radius 3 is 1.73 bits per heavy atom.